The first-order valence-electron chi connectivity index (χ1n) is 9.10. The first kappa shape index (κ1) is 18.5. The lowest BCUT2D eigenvalue weighted by Crippen LogP contribution is -2.44. The lowest BCUT2D eigenvalue weighted by molar-refractivity contribution is 0.179. The summed E-state index contributed by atoms with van der Waals surface area (Å²) in [5.41, 5.74) is 2.27. The Morgan fingerprint density at radius 2 is 1.62 bits per heavy atom. The Kier molecular flexibility index (Phi) is 6.36. The molecule has 5 nitrogen and oxygen atoms in total. The molecule has 0 aromatic heterocycles. The van der Waals surface area contributed by atoms with Crippen LogP contribution in [0.1, 0.15) is 24.1 Å². The molecule has 0 aliphatic carbocycles. The molecule has 1 heterocycles. The average molecular weight is 356 g/mol. The fourth-order valence-electron chi connectivity index (χ4n) is 3.33. The summed E-state index contributed by atoms with van der Waals surface area (Å²) >= 11 is 0. The summed E-state index contributed by atoms with van der Waals surface area (Å²) in [6.07, 6.45) is 0. The largest absolute Gasteiger partial charge is 0.493 e. The van der Waals surface area contributed by atoms with Crippen LogP contribution in [0.4, 0.5) is 0 Å². The van der Waals surface area contributed by atoms with Gasteiger partial charge in [0.15, 0.2) is 11.5 Å². The summed E-state index contributed by atoms with van der Waals surface area (Å²) in [7, 11) is 3.32. The number of benzene rings is 2. The van der Waals surface area contributed by atoms with E-state index < -0.39 is 0 Å². The molecule has 140 valence electrons. The maximum absolute atomic E-state index is 6.20. The number of hydrogen-bond donors (Lipinski definition) is 1. The molecule has 26 heavy (non-hydrogen) atoms. The minimum atomic E-state index is 0.239. The summed E-state index contributed by atoms with van der Waals surface area (Å²) in [6.45, 7) is 6.82. The predicted molar refractivity (Wildman–Crippen MR) is 103 cm³/mol. The van der Waals surface area contributed by atoms with Crippen LogP contribution >= 0.6 is 0 Å². The molecule has 0 amide bonds. The SMILES string of the molecule is COc1cc(OCc2ccccc2)c([C@@H](C)N2CCNCC2)cc1OC. The van der Waals surface area contributed by atoms with Gasteiger partial charge in [-0.3, -0.25) is 4.90 Å². The van der Waals surface area contributed by atoms with Gasteiger partial charge in [0.05, 0.1) is 14.2 Å². The summed E-state index contributed by atoms with van der Waals surface area (Å²) in [5.74, 6) is 2.26. The fourth-order valence-corrected chi connectivity index (χ4v) is 3.33. The molecule has 0 radical (unpaired) electrons. The summed E-state index contributed by atoms with van der Waals surface area (Å²) in [5, 5.41) is 3.41. The highest BCUT2D eigenvalue weighted by Crippen LogP contribution is 2.39. The third-order valence-electron chi connectivity index (χ3n) is 4.90. The molecule has 5 heteroatoms. The third-order valence-corrected chi connectivity index (χ3v) is 4.90. The summed E-state index contributed by atoms with van der Waals surface area (Å²) < 4.78 is 17.2. The Morgan fingerprint density at radius 1 is 0.962 bits per heavy atom. The zero-order valence-electron chi connectivity index (χ0n) is 15.8. The highest BCUT2D eigenvalue weighted by Gasteiger charge is 2.23. The Bertz CT molecular complexity index is 700. The van der Waals surface area contributed by atoms with Crippen molar-refractivity contribution in [3.8, 4) is 17.2 Å². The predicted octanol–water partition coefficient (Wildman–Crippen LogP) is 3.25. The zero-order valence-corrected chi connectivity index (χ0v) is 15.8. The van der Waals surface area contributed by atoms with Crippen LogP contribution in [0.15, 0.2) is 42.5 Å². The zero-order chi connectivity index (χ0) is 18.4. The van der Waals surface area contributed by atoms with Crippen LogP contribution in [-0.4, -0.2) is 45.3 Å². The molecule has 3 rings (SSSR count). The molecule has 1 aliphatic rings. The normalized spacial score (nSPS) is 16.1. The quantitative estimate of drug-likeness (QED) is 0.825. The van der Waals surface area contributed by atoms with Gasteiger partial charge in [-0.1, -0.05) is 30.3 Å². The minimum absolute atomic E-state index is 0.239. The number of piperazine rings is 1. The van der Waals surface area contributed by atoms with E-state index in [1.165, 1.54) is 0 Å². The first-order valence-corrected chi connectivity index (χ1v) is 9.10. The average Bonchev–Trinajstić information content (AvgIpc) is 2.72. The van der Waals surface area contributed by atoms with Crippen LogP contribution in [-0.2, 0) is 6.61 Å². The van der Waals surface area contributed by atoms with Crippen molar-refractivity contribution in [2.24, 2.45) is 0 Å². The first-order chi connectivity index (χ1) is 12.7. The highest BCUT2D eigenvalue weighted by molar-refractivity contribution is 5.52. The van der Waals surface area contributed by atoms with Gasteiger partial charge in [0, 0.05) is 43.9 Å². The molecule has 0 saturated carbocycles. The second-order valence-corrected chi connectivity index (χ2v) is 6.48. The second kappa shape index (κ2) is 8.92. The summed E-state index contributed by atoms with van der Waals surface area (Å²) in [4.78, 5) is 2.47. The van der Waals surface area contributed by atoms with Crippen LogP contribution in [0.5, 0.6) is 17.2 Å². The van der Waals surface area contributed by atoms with E-state index in [1.54, 1.807) is 14.2 Å². The topological polar surface area (TPSA) is 43.0 Å². The monoisotopic (exact) mass is 356 g/mol. The molecular weight excluding hydrogens is 328 g/mol. The lowest BCUT2D eigenvalue weighted by Gasteiger charge is -2.34. The fraction of sp³-hybridized carbons (Fsp3) is 0.429. The van der Waals surface area contributed by atoms with E-state index in [0.717, 1.165) is 48.8 Å². The molecule has 1 saturated heterocycles. The van der Waals surface area contributed by atoms with Crippen molar-refractivity contribution in [1.29, 1.82) is 0 Å². The number of methoxy groups -OCH3 is 2. The minimum Gasteiger partial charge on any atom is -0.493 e. The standard InChI is InChI=1S/C21H28N2O3/c1-16(23-11-9-22-10-12-23)18-13-20(24-2)21(25-3)14-19(18)26-15-17-7-5-4-6-8-17/h4-8,13-14,16,22H,9-12,15H2,1-3H3/t16-/m1/s1. The van der Waals surface area contributed by atoms with Gasteiger partial charge in [-0.15, -0.1) is 0 Å². The molecule has 1 aliphatic heterocycles. The van der Waals surface area contributed by atoms with Crippen LogP contribution < -0.4 is 19.5 Å². The highest BCUT2D eigenvalue weighted by atomic mass is 16.5. The van der Waals surface area contributed by atoms with Crippen LogP contribution in [0.25, 0.3) is 0 Å². The van der Waals surface area contributed by atoms with Gasteiger partial charge >= 0.3 is 0 Å². The van der Waals surface area contributed by atoms with Gasteiger partial charge in [-0.25, -0.2) is 0 Å². The smallest absolute Gasteiger partial charge is 0.164 e. The van der Waals surface area contributed by atoms with E-state index in [1.807, 2.05) is 30.3 Å². The number of rotatable bonds is 7. The van der Waals surface area contributed by atoms with Crippen molar-refractivity contribution < 1.29 is 14.2 Å². The number of hydrogen-bond acceptors (Lipinski definition) is 5. The van der Waals surface area contributed by atoms with E-state index in [2.05, 4.69) is 29.3 Å². The Morgan fingerprint density at radius 3 is 2.27 bits per heavy atom. The van der Waals surface area contributed by atoms with Crippen molar-refractivity contribution in [3.63, 3.8) is 0 Å². The van der Waals surface area contributed by atoms with Gasteiger partial charge in [0.1, 0.15) is 12.4 Å². The maximum Gasteiger partial charge on any atom is 0.164 e. The van der Waals surface area contributed by atoms with Crippen molar-refractivity contribution in [2.45, 2.75) is 19.6 Å². The maximum atomic E-state index is 6.20. The van der Waals surface area contributed by atoms with Crippen molar-refractivity contribution in [3.05, 3.63) is 53.6 Å². The molecular formula is C21H28N2O3. The van der Waals surface area contributed by atoms with E-state index >= 15 is 0 Å². The van der Waals surface area contributed by atoms with Gasteiger partial charge < -0.3 is 19.5 Å². The van der Waals surface area contributed by atoms with Crippen molar-refractivity contribution in [1.82, 2.24) is 10.2 Å². The van der Waals surface area contributed by atoms with E-state index in [9.17, 15) is 0 Å². The lowest BCUT2D eigenvalue weighted by atomic mass is 10.0. The van der Waals surface area contributed by atoms with Gasteiger partial charge in [0.2, 0.25) is 0 Å². The summed E-state index contributed by atoms with van der Waals surface area (Å²) in [6, 6.07) is 14.4. The molecule has 0 bridgehead atoms. The molecule has 1 atom stereocenters. The van der Waals surface area contributed by atoms with E-state index in [-0.39, 0.29) is 6.04 Å². The number of nitrogens with zero attached hydrogens (tertiary/aromatic N) is 1. The molecule has 2 aromatic rings. The van der Waals surface area contributed by atoms with Gasteiger partial charge in [-0.2, -0.15) is 0 Å². The molecule has 1 fully saturated rings. The van der Waals surface area contributed by atoms with Crippen LogP contribution in [0.2, 0.25) is 0 Å². The Labute approximate surface area is 155 Å². The molecule has 2 aromatic carbocycles. The second-order valence-electron chi connectivity index (χ2n) is 6.48. The molecule has 0 spiro atoms. The van der Waals surface area contributed by atoms with E-state index in [4.69, 9.17) is 14.2 Å². The van der Waals surface area contributed by atoms with Gasteiger partial charge in [0.25, 0.3) is 0 Å². The number of nitrogens with one attached hydrogen (secondary N) is 1. The van der Waals surface area contributed by atoms with Crippen molar-refractivity contribution >= 4 is 0 Å². The Balaban J connectivity index is 1.88. The third kappa shape index (κ3) is 4.29. The molecule has 0 unspecified atom stereocenters. The molecule has 1 N–H and O–H groups in total. The van der Waals surface area contributed by atoms with Gasteiger partial charge in [-0.05, 0) is 18.6 Å². The van der Waals surface area contributed by atoms with E-state index in [0.29, 0.717) is 12.4 Å². The van der Waals surface area contributed by atoms with Crippen LogP contribution in [0.3, 0.4) is 0 Å². The van der Waals surface area contributed by atoms with Crippen molar-refractivity contribution in [2.75, 3.05) is 40.4 Å². The Hall–Kier alpha value is -2.24. The number of ether oxygens (including phenoxy) is 3. The van der Waals surface area contributed by atoms with Crippen LogP contribution in [0, 0.1) is 0 Å².